The van der Waals surface area contributed by atoms with E-state index in [1.54, 1.807) is 24.3 Å². The third kappa shape index (κ3) is 3.41. The van der Waals surface area contributed by atoms with Crippen molar-refractivity contribution in [3.63, 3.8) is 0 Å². The Bertz CT molecular complexity index is 626. The summed E-state index contributed by atoms with van der Waals surface area (Å²) in [5.74, 6) is -0.112. The zero-order chi connectivity index (χ0) is 14.7. The second kappa shape index (κ2) is 6.13. The molecule has 2 aromatic carbocycles. The SMILES string of the molecule is CC(NC(=O)c1ccc(I)c(O)c1)c1ccc(N)cc1. The Labute approximate surface area is 131 Å². The minimum absolute atomic E-state index is 0.110. The lowest BCUT2D eigenvalue weighted by Crippen LogP contribution is -2.26. The molecule has 0 radical (unpaired) electrons. The van der Waals surface area contributed by atoms with Gasteiger partial charge in [0.25, 0.3) is 5.91 Å². The maximum absolute atomic E-state index is 12.1. The van der Waals surface area contributed by atoms with Gasteiger partial charge in [-0.2, -0.15) is 0 Å². The average molecular weight is 382 g/mol. The van der Waals surface area contributed by atoms with Crippen molar-refractivity contribution in [3.8, 4) is 5.75 Å². The molecule has 5 heteroatoms. The molecule has 0 aliphatic carbocycles. The summed E-state index contributed by atoms with van der Waals surface area (Å²) in [5, 5.41) is 12.5. The van der Waals surface area contributed by atoms with Gasteiger partial charge in [-0.15, -0.1) is 0 Å². The van der Waals surface area contributed by atoms with E-state index in [0.29, 0.717) is 14.8 Å². The van der Waals surface area contributed by atoms with Crippen LogP contribution in [-0.2, 0) is 0 Å². The van der Waals surface area contributed by atoms with Crippen LogP contribution in [0.25, 0.3) is 0 Å². The molecule has 1 atom stereocenters. The van der Waals surface area contributed by atoms with Gasteiger partial charge >= 0.3 is 0 Å². The summed E-state index contributed by atoms with van der Waals surface area (Å²) in [5.41, 5.74) is 7.73. The fourth-order valence-electron chi connectivity index (χ4n) is 1.80. The van der Waals surface area contributed by atoms with Crippen molar-refractivity contribution < 1.29 is 9.90 Å². The Balaban J connectivity index is 2.10. The van der Waals surface area contributed by atoms with Crippen LogP contribution in [-0.4, -0.2) is 11.0 Å². The zero-order valence-corrected chi connectivity index (χ0v) is 13.1. The number of aromatic hydroxyl groups is 1. The maximum Gasteiger partial charge on any atom is 0.251 e. The highest BCUT2D eigenvalue weighted by molar-refractivity contribution is 14.1. The predicted octanol–water partition coefficient (Wildman–Crippen LogP) is 3.07. The summed E-state index contributed by atoms with van der Waals surface area (Å²) in [6, 6.07) is 12.1. The number of nitrogen functional groups attached to an aromatic ring is 1. The van der Waals surface area contributed by atoms with E-state index in [9.17, 15) is 9.90 Å². The molecule has 4 nitrogen and oxygen atoms in total. The first-order chi connectivity index (χ1) is 9.47. The Morgan fingerprint density at radius 3 is 2.50 bits per heavy atom. The number of benzene rings is 2. The van der Waals surface area contributed by atoms with Gasteiger partial charge in [-0.3, -0.25) is 4.79 Å². The standard InChI is InChI=1S/C15H15IN2O2/c1-9(10-2-5-12(17)6-3-10)18-15(20)11-4-7-13(16)14(19)8-11/h2-9,19H,17H2,1H3,(H,18,20). The van der Waals surface area contributed by atoms with Gasteiger partial charge in [0.05, 0.1) is 9.61 Å². The van der Waals surface area contributed by atoms with Crippen LogP contribution in [0.2, 0.25) is 0 Å². The molecule has 1 amide bonds. The van der Waals surface area contributed by atoms with E-state index in [4.69, 9.17) is 5.73 Å². The number of carbonyl (C=O) groups is 1. The molecule has 0 spiro atoms. The number of hydrogen-bond acceptors (Lipinski definition) is 3. The molecule has 0 bridgehead atoms. The van der Waals surface area contributed by atoms with E-state index in [2.05, 4.69) is 5.32 Å². The Kier molecular flexibility index (Phi) is 4.49. The van der Waals surface area contributed by atoms with E-state index >= 15 is 0 Å². The minimum atomic E-state index is -0.221. The van der Waals surface area contributed by atoms with Gasteiger partial charge in [0.15, 0.2) is 0 Å². The van der Waals surface area contributed by atoms with Gasteiger partial charge in [-0.25, -0.2) is 0 Å². The molecule has 1 unspecified atom stereocenters. The summed E-state index contributed by atoms with van der Waals surface area (Å²) in [7, 11) is 0. The molecule has 0 heterocycles. The van der Waals surface area contributed by atoms with Gasteiger partial charge in [0.1, 0.15) is 5.75 Å². The number of halogens is 1. The number of hydrogen-bond donors (Lipinski definition) is 3. The molecule has 0 aliphatic rings. The van der Waals surface area contributed by atoms with Crippen molar-refractivity contribution in [1.82, 2.24) is 5.32 Å². The molecule has 2 rings (SSSR count). The number of phenolic OH excluding ortho intramolecular Hbond substituents is 1. The third-order valence-electron chi connectivity index (χ3n) is 2.99. The summed E-state index contributed by atoms with van der Waals surface area (Å²) < 4.78 is 0.714. The molecule has 4 N–H and O–H groups in total. The van der Waals surface area contributed by atoms with Crippen molar-refractivity contribution in [2.24, 2.45) is 0 Å². The van der Waals surface area contributed by atoms with Crippen molar-refractivity contribution in [2.75, 3.05) is 5.73 Å². The van der Waals surface area contributed by atoms with Crippen LogP contribution in [0.15, 0.2) is 42.5 Å². The zero-order valence-electron chi connectivity index (χ0n) is 10.9. The number of nitrogens with one attached hydrogen (secondary N) is 1. The van der Waals surface area contributed by atoms with Gasteiger partial charge in [-0.1, -0.05) is 12.1 Å². The highest BCUT2D eigenvalue weighted by Gasteiger charge is 2.12. The summed E-state index contributed by atoms with van der Waals surface area (Å²) >= 11 is 2.01. The summed E-state index contributed by atoms with van der Waals surface area (Å²) in [6.07, 6.45) is 0. The smallest absolute Gasteiger partial charge is 0.251 e. The Morgan fingerprint density at radius 1 is 1.25 bits per heavy atom. The van der Waals surface area contributed by atoms with Crippen LogP contribution in [0.4, 0.5) is 5.69 Å². The highest BCUT2D eigenvalue weighted by atomic mass is 127. The van der Waals surface area contributed by atoms with E-state index in [1.165, 1.54) is 6.07 Å². The highest BCUT2D eigenvalue weighted by Crippen LogP contribution is 2.21. The lowest BCUT2D eigenvalue weighted by Gasteiger charge is -2.15. The normalized spacial score (nSPS) is 11.9. The number of amides is 1. The molecule has 0 aromatic heterocycles. The number of phenols is 1. The van der Waals surface area contributed by atoms with Crippen molar-refractivity contribution in [1.29, 1.82) is 0 Å². The molecule has 0 saturated carbocycles. The van der Waals surface area contributed by atoms with Crippen LogP contribution in [0.1, 0.15) is 28.9 Å². The number of anilines is 1. The molecule has 0 aliphatic heterocycles. The lowest BCUT2D eigenvalue weighted by atomic mass is 10.1. The second-order valence-corrected chi connectivity index (χ2v) is 5.69. The topological polar surface area (TPSA) is 75.3 Å². The monoisotopic (exact) mass is 382 g/mol. The minimum Gasteiger partial charge on any atom is -0.507 e. The van der Waals surface area contributed by atoms with E-state index < -0.39 is 0 Å². The van der Waals surface area contributed by atoms with E-state index in [-0.39, 0.29) is 17.7 Å². The molecule has 0 saturated heterocycles. The first kappa shape index (κ1) is 14.6. The predicted molar refractivity (Wildman–Crippen MR) is 87.6 cm³/mol. The molecule has 2 aromatic rings. The van der Waals surface area contributed by atoms with Crippen LogP contribution in [0, 0.1) is 3.57 Å². The van der Waals surface area contributed by atoms with Crippen LogP contribution >= 0.6 is 22.6 Å². The first-order valence-electron chi connectivity index (χ1n) is 6.12. The lowest BCUT2D eigenvalue weighted by molar-refractivity contribution is 0.0939. The van der Waals surface area contributed by atoms with E-state index in [0.717, 1.165) is 5.56 Å². The van der Waals surface area contributed by atoms with Crippen LogP contribution in [0.5, 0.6) is 5.75 Å². The van der Waals surface area contributed by atoms with Crippen molar-refractivity contribution in [2.45, 2.75) is 13.0 Å². The fraction of sp³-hybridized carbons (Fsp3) is 0.133. The summed E-state index contributed by atoms with van der Waals surface area (Å²) in [6.45, 7) is 1.90. The number of rotatable bonds is 3. The number of nitrogens with two attached hydrogens (primary N) is 1. The van der Waals surface area contributed by atoms with Crippen molar-refractivity contribution >= 4 is 34.2 Å². The van der Waals surface area contributed by atoms with Gasteiger partial charge in [0.2, 0.25) is 0 Å². The van der Waals surface area contributed by atoms with Crippen LogP contribution < -0.4 is 11.1 Å². The fourth-order valence-corrected chi connectivity index (χ4v) is 2.14. The van der Waals surface area contributed by atoms with E-state index in [1.807, 2.05) is 41.6 Å². The second-order valence-electron chi connectivity index (χ2n) is 4.53. The Hall–Kier alpha value is -1.76. The number of carbonyl (C=O) groups excluding carboxylic acids is 1. The molecule has 104 valence electrons. The average Bonchev–Trinajstić information content (AvgIpc) is 2.42. The van der Waals surface area contributed by atoms with Gasteiger partial charge in [0, 0.05) is 11.3 Å². The molecular weight excluding hydrogens is 367 g/mol. The molecule has 20 heavy (non-hydrogen) atoms. The Morgan fingerprint density at radius 2 is 1.90 bits per heavy atom. The van der Waals surface area contributed by atoms with Gasteiger partial charge < -0.3 is 16.2 Å². The first-order valence-corrected chi connectivity index (χ1v) is 7.20. The quantitative estimate of drug-likeness (QED) is 0.564. The summed E-state index contributed by atoms with van der Waals surface area (Å²) in [4.78, 5) is 12.1. The van der Waals surface area contributed by atoms with Crippen LogP contribution in [0.3, 0.4) is 0 Å². The largest absolute Gasteiger partial charge is 0.507 e. The maximum atomic E-state index is 12.1. The molecule has 0 fully saturated rings. The molecular formula is C15H15IN2O2. The third-order valence-corrected chi connectivity index (χ3v) is 3.90. The van der Waals surface area contributed by atoms with Crippen molar-refractivity contribution in [3.05, 3.63) is 57.2 Å². The van der Waals surface area contributed by atoms with Gasteiger partial charge in [-0.05, 0) is 65.4 Å².